The molecule has 0 radical (unpaired) electrons. The number of hydrogen-bond donors (Lipinski definition) is 2. The number of piperidine rings is 2. The maximum atomic E-state index is 12.9. The van der Waals surface area contributed by atoms with Gasteiger partial charge in [-0.25, -0.2) is 4.79 Å². The maximum Gasteiger partial charge on any atom is 0.325 e. The normalized spacial score (nSPS) is 22.1. The first-order valence-electron chi connectivity index (χ1n) is 9.38. The average molecular weight is 348 g/mol. The van der Waals surface area contributed by atoms with Gasteiger partial charge in [-0.2, -0.15) is 0 Å². The molecular formula is C18H28N4O3. The standard InChI is InChI=1S/C18H28N4O3/c1-13-15(17(24)20-18(25)19-13)11-16(23)22-10-6-3-7-14(22)12-21-8-4-2-5-9-21/h14H,2-12H2,1H3,(H2,19,20,24,25)/t14-/m1/s1. The van der Waals surface area contributed by atoms with Crippen LogP contribution in [0.4, 0.5) is 0 Å². The lowest BCUT2D eigenvalue weighted by atomic mass is 9.99. The van der Waals surface area contributed by atoms with E-state index in [2.05, 4.69) is 14.9 Å². The Labute approximate surface area is 147 Å². The Bertz CT molecular complexity index is 718. The van der Waals surface area contributed by atoms with Gasteiger partial charge in [-0.05, 0) is 52.1 Å². The van der Waals surface area contributed by atoms with Crippen molar-refractivity contribution in [2.24, 2.45) is 0 Å². The number of amides is 1. The van der Waals surface area contributed by atoms with Crippen molar-refractivity contribution in [1.82, 2.24) is 19.8 Å². The summed E-state index contributed by atoms with van der Waals surface area (Å²) in [6, 6.07) is 0.237. The molecule has 2 fully saturated rings. The number of aryl methyl sites for hydroxylation is 1. The van der Waals surface area contributed by atoms with Crippen LogP contribution >= 0.6 is 0 Å². The van der Waals surface area contributed by atoms with Crippen molar-refractivity contribution in [3.63, 3.8) is 0 Å². The number of carbonyl (C=O) groups is 1. The Hall–Kier alpha value is -1.89. The Morgan fingerprint density at radius 3 is 2.48 bits per heavy atom. The van der Waals surface area contributed by atoms with E-state index >= 15 is 0 Å². The zero-order valence-electron chi connectivity index (χ0n) is 15.0. The molecule has 0 aliphatic carbocycles. The minimum atomic E-state index is -0.528. The second-order valence-electron chi connectivity index (χ2n) is 7.29. The highest BCUT2D eigenvalue weighted by atomic mass is 16.2. The van der Waals surface area contributed by atoms with E-state index < -0.39 is 11.2 Å². The lowest BCUT2D eigenvalue weighted by Crippen LogP contribution is -2.51. The average Bonchev–Trinajstić information content (AvgIpc) is 2.59. The predicted molar refractivity (Wildman–Crippen MR) is 95.8 cm³/mol. The first kappa shape index (κ1) is 17.9. The van der Waals surface area contributed by atoms with Gasteiger partial charge in [0.1, 0.15) is 0 Å². The number of likely N-dealkylation sites (tertiary alicyclic amines) is 2. The van der Waals surface area contributed by atoms with Crippen molar-refractivity contribution in [1.29, 1.82) is 0 Å². The predicted octanol–water partition coefficient (Wildman–Crippen LogP) is 0.781. The van der Waals surface area contributed by atoms with Gasteiger partial charge in [-0.1, -0.05) is 6.42 Å². The van der Waals surface area contributed by atoms with E-state index in [1.165, 1.54) is 19.3 Å². The van der Waals surface area contributed by atoms with Crippen molar-refractivity contribution in [3.05, 3.63) is 32.1 Å². The molecule has 1 aromatic rings. The van der Waals surface area contributed by atoms with Gasteiger partial charge in [0.2, 0.25) is 5.91 Å². The van der Waals surface area contributed by atoms with E-state index in [1.807, 2.05) is 4.90 Å². The number of nitrogens with zero attached hydrogens (tertiary/aromatic N) is 2. The molecule has 3 heterocycles. The summed E-state index contributed by atoms with van der Waals surface area (Å²) in [5.41, 5.74) is -0.141. The molecule has 1 aromatic heterocycles. The molecule has 0 spiro atoms. The summed E-state index contributed by atoms with van der Waals surface area (Å²) < 4.78 is 0. The van der Waals surface area contributed by atoms with Crippen LogP contribution in [-0.2, 0) is 11.2 Å². The van der Waals surface area contributed by atoms with E-state index in [0.717, 1.165) is 45.4 Å². The Morgan fingerprint density at radius 2 is 1.76 bits per heavy atom. The minimum absolute atomic E-state index is 0.0117. The van der Waals surface area contributed by atoms with Gasteiger partial charge >= 0.3 is 5.69 Å². The molecule has 1 atom stereocenters. The summed E-state index contributed by atoms with van der Waals surface area (Å²) in [4.78, 5) is 45.4. The number of carbonyl (C=O) groups excluding carboxylic acids is 1. The third-order valence-electron chi connectivity index (χ3n) is 5.45. The highest BCUT2D eigenvalue weighted by molar-refractivity contribution is 5.79. The van der Waals surface area contributed by atoms with Gasteiger partial charge in [-0.15, -0.1) is 0 Å². The van der Waals surface area contributed by atoms with Crippen LogP contribution in [0, 0.1) is 6.92 Å². The summed E-state index contributed by atoms with van der Waals surface area (Å²) >= 11 is 0. The Kier molecular flexibility index (Phi) is 5.73. The molecule has 2 saturated heterocycles. The number of rotatable bonds is 4. The highest BCUT2D eigenvalue weighted by Crippen LogP contribution is 2.21. The molecule has 0 aromatic carbocycles. The molecule has 25 heavy (non-hydrogen) atoms. The van der Waals surface area contributed by atoms with Crippen molar-refractivity contribution >= 4 is 5.91 Å². The fraction of sp³-hybridized carbons (Fsp3) is 0.722. The van der Waals surface area contributed by atoms with E-state index in [-0.39, 0.29) is 18.4 Å². The van der Waals surface area contributed by atoms with Crippen molar-refractivity contribution < 1.29 is 4.79 Å². The zero-order chi connectivity index (χ0) is 17.8. The highest BCUT2D eigenvalue weighted by Gasteiger charge is 2.29. The number of aromatic nitrogens is 2. The smallest absolute Gasteiger partial charge is 0.325 e. The van der Waals surface area contributed by atoms with Crippen LogP contribution in [0.5, 0.6) is 0 Å². The summed E-state index contributed by atoms with van der Waals surface area (Å²) in [5.74, 6) is -0.0117. The summed E-state index contributed by atoms with van der Waals surface area (Å²) in [7, 11) is 0. The van der Waals surface area contributed by atoms with Gasteiger partial charge < -0.3 is 14.8 Å². The van der Waals surface area contributed by atoms with Crippen LogP contribution in [0.25, 0.3) is 0 Å². The van der Waals surface area contributed by atoms with E-state index in [4.69, 9.17) is 0 Å². The van der Waals surface area contributed by atoms with Gasteiger partial charge in [0.15, 0.2) is 0 Å². The van der Waals surface area contributed by atoms with Crippen LogP contribution in [-0.4, -0.2) is 57.9 Å². The number of hydrogen-bond acceptors (Lipinski definition) is 4. The van der Waals surface area contributed by atoms with Crippen LogP contribution in [0.15, 0.2) is 9.59 Å². The molecule has 2 N–H and O–H groups in total. The SMILES string of the molecule is Cc1[nH]c(=O)[nH]c(=O)c1CC(=O)N1CCCC[C@@H]1CN1CCCCC1. The fourth-order valence-electron chi connectivity index (χ4n) is 4.05. The monoisotopic (exact) mass is 348 g/mol. The topological polar surface area (TPSA) is 89.3 Å². The van der Waals surface area contributed by atoms with Crippen LogP contribution in [0.2, 0.25) is 0 Å². The summed E-state index contributed by atoms with van der Waals surface area (Å²) in [5, 5.41) is 0. The molecule has 7 nitrogen and oxygen atoms in total. The second-order valence-corrected chi connectivity index (χ2v) is 7.29. The van der Waals surface area contributed by atoms with E-state index in [1.54, 1.807) is 6.92 Å². The van der Waals surface area contributed by atoms with Gasteiger partial charge in [0.25, 0.3) is 5.56 Å². The minimum Gasteiger partial charge on any atom is -0.338 e. The van der Waals surface area contributed by atoms with Crippen LogP contribution in [0.3, 0.4) is 0 Å². The third-order valence-corrected chi connectivity index (χ3v) is 5.45. The quantitative estimate of drug-likeness (QED) is 0.841. The molecule has 2 aliphatic heterocycles. The molecular weight excluding hydrogens is 320 g/mol. The Morgan fingerprint density at radius 1 is 1.04 bits per heavy atom. The van der Waals surface area contributed by atoms with Gasteiger partial charge in [-0.3, -0.25) is 14.6 Å². The maximum absolute atomic E-state index is 12.9. The van der Waals surface area contributed by atoms with Crippen molar-refractivity contribution in [3.8, 4) is 0 Å². The number of nitrogens with one attached hydrogen (secondary N) is 2. The van der Waals surface area contributed by atoms with Crippen LogP contribution in [0.1, 0.15) is 49.8 Å². The first-order chi connectivity index (χ1) is 12.0. The third kappa shape index (κ3) is 4.39. The van der Waals surface area contributed by atoms with Crippen LogP contribution < -0.4 is 11.2 Å². The molecule has 138 valence electrons. The second kappa shape index (κ2) is 7.99. The lowest BCUT2D eigenvalue weighted by Gasteiger charge is -2.39. The van der Waals surface area contributed by atoms with Crippen molar-refractivity contribution in [2.45, 2.75) is 57.9 Å². The molecule has 0 unspecified atom stereocenters. The number of H-pyrrole nitrogens is 2. The largest absolute Gasteiger partial charge is 0.338 e. The molecule has 1 amide bonds. The molecule has 3 rings (SSSR count). The first-order valence-corrected chi connectivity index (χ1v) is 9.38. The lowest BCUT2D eigenvalue weighted by molar-refractivity contribution is -0.134. The molecule has 7 heteroatoms. The van der Waals surface area contributed by atoms with Crippen molar-refractivity contribution in [2.75, 3.05) is 26.2 Å². The van der Waals surface area contributed by atoms with E-state index in [9.17, 15) is 14.4 Å². The summed E-state index contributed by atoms with van der Waals surface area (Å²) in [6.07, 6.45) is 7.04. The number of aromatic amines is 2. The molecule has 0 saturated carbocycles. The molecule has 0 bridgehead atoms. The van der Waals surface area contributed by atoms with Gasteiger partial charge in [0.05, 0.1) is 6.42 Å². The van der Waals surface area contributed by atoms with E-state index in [0.29, 0.717) is 11.3 Å². The van der Waals surface area contributed by atoms with Gasteiger partial charge in [0, 0.05) is 30.4 Å². The fourth-order valence-corrected chi connectivity index (χ4v) is 4.05. The zero-order valence-corrected chi connectivity index (χ0v) is 15.0. The summed E-state index contributed by atoms with van der Waals surface area (Å²) in [6.45, 7) is 5.61. The Balaban J connectivity index is 1.70. The molecule has 2 aliphatic rings.